The van der Waals surface area contributed by atoms with Gasteiger partial charge in [-0.05, 0) is 86.2 Å². The first-order chi connectivity index (χ1) is 17.0. The Morgan fingerprint density at radius 1 is 0.865 bits per heavy atom. The van der Waals surface area contributed by atoms with E-state index in [4.69, 9.17) is 4.74 Å². The Bertz CT molecular complexity index is 932. The van der Waals surface area contributed by atoms with Crippen LogP contribution in [-0.2, 0) is 15.9 Å². The zero-order valence-electron chi connectivity index (χ0n) is 20.6. The van der Waals surface area contributed by atoms with Gasteiger partial charge in [0.25, 0.3) is 0 Å². The summed E-state index contributed by atoms with van der Waals surface area (Å²) in [5, 5.41) is 0. The van der Waals surface area contributed by atoms with Crippen molar-refractivity contribution in [1.82, 2.24) is 0 Å². The lowest BCUT2D eigenvalue weighted by Gasteiger charge is -2.50. The number of halogens is 9. The molecule has 0 aliphatic heterocycles. The molecule has 0 aromatic heterocycles. The maximum atomic E-state index is 13.0. The summed E-state index contributed by atoms with van der Waals surface area (Å²) in [5.74, 6) is 1.29. The van der Waals surface area contributed by atoms with Crippen LogP contribution in [-0.4, -0.2) is 43.4 Å². The van der Waals surface area contributed by atoms with E-state index in [1.54, 1.807) is 0 Å². The Labute approximate surface area is 209 Å². The zero-order valence-corrected chi connectivity index (χ0v) is 20.6. The molecule has 1 aromatic rings. The van der Waals surface area contributed by atoms with Crippen LogP contribution in [0.5, 0.6) is 0 Å². The quantitative estimate of drug-likeness (QED) is 0.265. The van der Waals surface area contributed by atoms with E-state index in [0.29, 0.717) is 24.2 Å². The molecule has 0 heterocycles. The van der Waals surface area contributed by atoms with Crippen molar-refractivity contribution in [2.45, 2.75) is 94.9 Å². The minimum Gasteiger partial charge on any atom is -0.378 e. The fourth-order valence-electron chi connectivity index (χ4n) is 7.17. The summed E-state index contributed by atoms with van der Waals surface area (Å²) in [7, 11) is 0. The second-order valence-electron chi connectivity index (χ2n) is 11.0. The summed E-state index contributed by atoms with van der Waals surface area (Å²) in [6.45, 7) is 2.51. The van der Waals surface area contributed by atoms with Crippen molar-refractivity contribution in [2.24, 2.45) is 17.3 Å². The molecule has 37 heavy (non-hydrogen) atoms. The van der Waals surface area contributed by atoms with Crippen LogP contribution in [0.1, 0.15) is 68.1 Å². The van der Waals surface area contributed by atoms with Crippen molar-refractivity contribution in [1.29, 1.82) is 0 Å². The first-order valence-corrected chi connectivity index (χ1v) is 12.6. The normalized spacial score (nSPS) is 30.6. The Hall–Kier alpha value is -1.49. The van der Waals surface area contributed by atoms with Gasteiger partial charge >= 0.3 is 24.1 Å². The number of fused-ring (bicyclic) bond motifs is 5. The molecule has 0 saturated heterocycles. The molecule has 3 aliphatic rings. The summed E-state index contributed by atoms with van der Waals surface area (Å²) in [6.07, 6.45) is -15.5. The lowest BCUT2D eigenvalue weighted by Crippen LogP contribution is -2.67. The van der Waals surface area contributed by atoms with Crippen LogP contribution in [0, 0.1) is 24.2 Å². The number of benzene rings is 1. The third-order valence-corrected chi connectivity index (χ3v) is 8.92. The highest BCUT2D eigenvalue weighted by Crippen LogP contribution is 2.61. The smallest absolute Gasteiger partial charge is 0.378 e. The van der Waals surface area contributed by atoms with Gasteiger partial charge < -0.3 is 9.47 Å². The number of hydrogen-bond acceptors (Lipinski definition) is 2. The van der Waals surface area contributed by atoms with Crippen molar-refractivity contribution in [3.8, 4) is 0 Å². The molecule has 11 heteroatoms. The van der Waals surface area contributed by atoms with E-state index >= 15 is 0 Å². The summed E-state index contributed by atoms with van der Waals surface area (Å²) in [4.78, 5) is 0. The van der Waals surface area contributed by atoms with Gasteiger partial charge in [0.1, 0.15) is 0 Å². The molecular formula is C26H31F9O2. The van der Waals surface area contributed by atoms with Crippen LogP contribution >= 0.6 is 0 Å². The average Bonchev–Trinajstić information content (AvgIpc) is 3.09. The van der Waals surface area contributed by atoms with E-state index < -0.39 is 37.2 Å². The van der Waals surface area contributed by atoms with E-state index in [1.165, 1.54) is 16.7 Å². The zero-order chi connectivity index (χ0) is 27.4. The topological polar surface area (TPSA) is 18.5 Å². The maximum Gasteiger partial charge on any atom is 0.435 e. The van der Waals surface area contributed by atoms with E-state index in [1.807, 2.05) is 0 Å². The maximum absolute atomic E-state index is 13.0. The van der Waals surface area contributed by atoms with Gasteiger partial charge in [-0.3, -0.25) is 0 Å². The van der Waals surface area contributed by atoms with Crippen LogP contribution in [0.2, 0.25) is 0 Å². The van der Waals surface area contributed by atoms with Gasteiger partial charge in [0.2, 0.25) is 0 Å². The van der Waals surface area contributed by atoms with E-state index in [0.717, 1.165) is 32.1 Å². The standard InChI is InChI=1S/C26H31F9O2/c1-15-4-6-17-16(14-15)5-7-19-18(17)10-11-22(2)20(19)8-9-21(22)36-12-3-13-37-23(24(27,28)29,25(30,31)32)26(33,34)35/h4,6,14,18-21H,3,5,7-13H2,1-2H3. The molecule has 0 amide bonds. The van der Waals surface area contributed by atoms with Crippen LogP contribution in [0.4, 0.5) is 39.5 Å². The first-order valence-electron chi connectivity index (χ1n) is 12.6. The van der Waals surface area contributed by atoms with Gasteiger partial charge in [-0.25, -0.2) is 0 Å². The highest BCUT2D eigenvalue weighted by molar-refractivity contribution is 5.37. The van der Waals surface area contributed by atoms with Crippen LogP contribution in [0.15, 0.2) is 18.2 Å². The van der Waals surface area contributed by atoms with Crippen LogP contribution < -0.4 is 0 Å². The number of rotatable bonds is 6. The van der Waals surface area contributed by atoms with Gasteiger partial charge in [-0.15, -0.1) is 0 Å². The van der Waals surface area contributed by atoms with Crippen molar-refractivity contribution < 1.29 is 49.0 Å². The van der Waals surface area contributed by atoms with Gasteiger partial charge in [0.15, 0.2) is 0 Å². The molecule has 1 aromatic carbocycles. The predicted octanol–water partition coefficient (Wildman–Crippen LogP) is 8.07. The number of alkyl halides is 9. The summed E-state index contributed by atoms with van der Waals surface area (Å²) in [5.41, 5.74) is -2.41. The van der Waals surface area contributed by atoms with Gasteiger partial charge in [-0.2, -0.15) is 39.5 Å². The molecular weight excluding hydrogens is 515 g/mol. The molecule has 2 saturated carbocycles. The second kappa shape index (κ2) is 9.61. The molecule has 0 spiro atoms. The lowest BCUT2D eigenvalue weighted by atomic mass is 9.55. The molecule has 210 valence electrons. The summed E-state index contributed by atoms with van der Waals surface area (Å²) >= 11 is 0. The molecule has 0 radical (unpaired) electrons. The number of hydrogen-bond donors (Lipinski definition) is 0. The molecule has 5 atom stereocenters. The Balaban J connectivity index is 1.37. The van der Waals surface area contributed by atoms with Gasteiger partial charge in [-0.1, -0.05) is 30.7 Å². The third kappa shape index (κ3) is 4.76. The van der Waals surface area contributed by atoms with Crippen molar-refractivity contribution >= 4 is 0 Å². The molecule has 0 N–H and O–H groups in total. The largest absolute Gasteiger partial charge is 0.435 e. The van der Waals surface area contributed by atoms with Crippen molar-refractivity contribution in [2.75, 3.05) is 13.2 Å². The summed E-state index contributed by atoms with van der Waals surface area (Å²) < 4.78 is 127. The van der Waals surface area contributed by atoms with Gasteiger partial charge in [0, 0.05) is 6.61 Å². The highest BCUT2D eigenvalue weighted by Gasteiger charge is 2.85. The van der Waals surface area contributed by atoms with Gasteiger partial charge in [0.05, 0.1) is 12.7 Å². The van der Waals surface area contributed by atoms with E-state index in [9.17, 15) is 39.5 Å². The summed E-state index contributed by atoms with van der Waals surface area (Å²) in [6, 6.07) is 6.59. The fraction of sp³-hybridized carbons (Fsp3) is 0.769. The van der Waals surface area contributed by atoms with Crippen molar-refractivity contribution in [3.05, 3.63) is 34.9 Å². The Kier molecular flexibility index (Phi) is 7.40. The minimum absolute atomic E-state index is 0.197. The first kappa shape index (κ1) is 28.5. The number of ether oxygens (including phenoxy) is 2. The molecule has 2 fully saturated rings. The molecule has 4 rings (SSSR count). The Morgan fingerprint density at radius 2 is 1.51 bits per heavy atom. The molecule has 3 aliphatic carbocycles. The van der Waals surface area contributed by atoms with E-state index in [-0.39, 0.29) is 18.1 Å². The SMILES string of the molecule is Cc1ccc2c(c1)CCC1C2CCC2(C)C(OCCCOC(C(F)(F)F)(C(F)(F)F)C(F)(F)F)CCC12. The minimum atomic E-state index is -6.72. The third-order valence-electron chi connectivity index (χ3n) is 8.92. The second-order valence-corrected chi connectivity index (χ2v) is 11.0. The molecule has 2 nitrogen and oxygen atoms in total. The highest BCUT2D eigenvalue weighted by atomic mass is 19.4. The molecule has 0 bridgehead atoms. The average molecular weight is 547 g/mol. The fourth-order valence-corrected chi connectivity index (χ4v) is 7.17. The number of aryl methyl sites for hydroxylation is 2. The van der Waals surface area contributed by atoms with Crippen LogP contribution in [0.3, 0.4) is 0 Å². The van der Waals surface area contributed by atoms with E-state index in [2.05, 4.69) is 36.8 Å². The predicted molar refractivity (Wildman–Crippen MR) is 117 cm³/mol. The molecule has 5 unspecified atom stereocenters. The Morgan fingerprint density at radius 3 is 2.14 bits per heavy atom. The van der Waals surface area contributed by atoms with Crippen LogP contribution in [0.25, 0.3) is 0 Å². The van der Waals surface area contributed by atoms with Crippen molar-refractivity contribution in [3.63, 3.8) is 0 Å². The monoisotopic (exact) mass is 546 g/mol. The lowest BCUT2D eigenvalue weighted by molar-refractivity contribution is -0.457.